The van der Waals surface area contributed by atoms with Gasteiger partial charge in [-0.2, -0.15) is 0 Å². The average Bonchev–Trinajstić information content (AvgIpc) is 2.20. The van der Waals surface area contributed by atoms with E-state index < -0.39 is 0 Å². The Morgan fingerprint density at radius 2 is 1.79 bits per heavy atom. The zero-order valence-electron chi connectivity index (χ0n) is 8.33. The predicted molar refractivity (Wildman–Crippen MR) is 55.4 cm³/mol. The second kappa shape index (κ2) is 4.56. The van der Waals surface area contributed by atoms with Crippen LogP contribution in [-0.4, -0.2) is 11.7 Å². The lowest BCUT2D eigenvalue weighted by Crippen LogP contribution is -2.23. The summed E-state index contributed by atoms with van der Waals surface area (Å²) < 4.78 is 0. The highest BCUT2D eigenvalue weighted by atomic mass is 16.2. The Hall–Kier alpha value is -1.64. The standard InChI is InChI=1S/C9H7NO2.C2H6/c11-8-5-9(12)10-7-4-2-1-3-6(7)8;1-2/h1-4H,5H2,(H,10,12);1-2H3. The van der Waals surface area contributed by atoms with Crippen molar-refractivity contribution < 1.29 is 9.59 Å². The third-order valence-corrected chi connectivity index (χ3v) is 1.82. The number of carbonyl (C=O) groups is 2. The second-order valence-corrected chi connectivity index (χ2v) is 2.69. The van der Waals surface area contributed by atoms with E-state index >= 15 is 0 Å². The van der Waals surface area contributed by atoms with Crippen molar-refractivity contribution in [3.63, 3.8) is 0 Å². The number of carbonyl (C=O) groups excluding carboxylic acids is 2. The molecule has 3 heteroatoms. The Bertz CT molecular complexity index is 358. The molecule has 1 amide bonds. The fourth-order valence-corrected chi connectivity index (χ4v) is 1.27. The number of Topliss-reactive ketones (excluding diaryl/α,β-unsaturated/α-hetero) is 1. The van der Waals surface area contributed by atoms with Crippen LogP contribution in [0, 0.1) is 0 Å². The van der Waals surface area contributed by atoms with Crippen LogP contribution in [0.25, 0.3) is 0 Å². The van der Waals surface area contributed by atoms with Crippen molar-refractivity contribution in [2.45, 2.75) is 20.3 Å². The van der Waals surface area contributed by atoms with Crippen LogP contribution in [0.3, 0.4) is 0 Å². The molecule has 2 rings (SSSR count). The first-order valence-electron chi connectivity index (χ1n) is 4.69. The molecule has 0 aliphatic carbocycles. The molecule has 0 saturated heterocycles. The van der Waals surface area contributed by atoms with E-state index in [1.807, 2.05) is 13.8 Å². The lowest BCUT2D eigenvalue weighted by Gasteiger charge is -2.14. The maximum Gasteiger partial charge on any atom is 0.232 e. The smallest absolute Gasteiger partial charge is 0.232 e. The van der Waals surface area contributed by atoms with Crippen LogP contribution >= 0.6 is 0 Å². The number of para-hydroxylation sites is 1. The average molecular weight is 191 g/mol. The Balaban J connectivity index is 0.000000461. The largest absolute Gasteiger partial charge is 0.325 e. The molecule has 1 N–H and O–H groups in total. The topological polar surface area (TPSA) is 46.2 Å². The molecule has 1 aromatic carbocycles. The van der Waals surface area contributed by atoms with Gasteiger partial charge in [0.1, 0.15) is 0 Å². The van der Waals surface area contributed by atoms with Crippen LogP contribution < -0.4 is 5.32 Å². The Morgan fingerprint density at radius 1 is 1.14 bits per heavy atom. The van der Waals surface area contributed by atoms with Crippen molar-refractivity contribution in [2.24, 2.45) is 0 Å². The molecule has 1 aromatic rings. The zero-order chi connectivity index (χ0) is 10.6. The minimum atomic E-state index is -0.223. The molecular formula is C11H13NO2. The number of fused-ring (bicyclic) bond motifs is 1. The van der Waals surface area contributed by atoms with Crippen LogP contribution in [0.5, 0.6) is 0 Å². The molecule has 74 valence electrons. The number of hydrogen-bond acceptors (Lipinski definition) is 2. The molecule has 0 aromatic heterocycles. The van der Waals surface area contributed by atoms with E-state index in [9.17, 15) is 9.59 Å². The first-order chi connectivity index (χ1) is 6.77. The van der Waals surface area contributed by atoms with E-state index in [4.69, 9.17) is 0 Å². The van der Waals surface area contributed by atoms with E-state index in [0.29, 0.717) is 11.3 Å². The number of ketones is 1. The van der Waals surface area contributed by atoms with Gasteiger partial charge < -0.3 is 5.32 Å². The third-order valence-electron chi connectivity index (χ3n) is 1.82. The summed E-state index contributed by atoms with van der Waals surface area (Å²) in [5.41, 5.74) is 1.23. The predicted octanol–water partition coefficient (Wildman–Crippen LogP) is 2.24. The Morgan fingerprint density at radius 3 is 2.50 bits per heavy atom. The van der Waals surface area contributed by atoms with E-state index in [0.717, 1.165) is 0 Å². The minimum Gasteiger partial charge on any atom is -0.325 e. The summed E-state index contributed by atoms with van der Waals surface area (Å²) in [6.07, 6.45) is -0.0307. The van der Waals surface area contributed by atoms with Gasteiger partial charge in [0.25, 0.3) is 0 Å². The second-order valence-electron chi connectivity index (χ2n) is 2.69. The van der Waals surface area contributed by atoms with Crippen molar-refractivity contribution in [1.29, 1.82) is 0 Å². The quantitative estimate of drug-likeness (QED) is 0.639. The van der Waals surface area contributed by atoms with Gasteiger partial charge in [-0.25, -0.2) is 0 Å². The van der Waals surface area contributed by atoms with Crippen LogP contribution in [0.1, 0.15) is 30.6 Å². The van der Waals surface area contributed by atoms with Gasteiger partial charge in [0.05, 0.1) is 12.1 Å². The molecule has 1 aliphatic heterocycles. The van der Waals surface area contributed by atoms with Gasteiger partial charge in [-0.15, -0.1) is 0 Å². The zero-order valence-corrected chi connectivity index (χ0v) is 8.33. The number of nitrogens with one attached hydrogen (secondary N) is 1. The number of anilines is 1. The number of hydrogen-bond donors (Lipinski definition) is 1. The lowest BCUT2D eigenvalue weighted by molar-refractivity contribution is -0.115. The lowest BCUT2D eigenvalue weighted by atomic mass is 10.0. The summed E-state index contributed by atoms with van der Waals surface area (Å²) in [6, 6.07) is 7.02. The van der Waals surface area contributed by atoms with E-state index in [1.54, 1.807) is 24.3 Å². The van der Waals surface area contributed by atoms with Gasteiger partial charge in [0, 0.05) is 5.56 Å². The van der Waals surface area contributed by atoms with Gasteiger partial charge >= 0.3 is 0 Å². The van der Waals surface area contributed by atoms with Crippen LogP contribution in [0.15, 0.2) is 24.3 Å². The molecule has 0 spiro atoms. The monoisotopic (exact) mass is 191 g/mol. The molecule has 1 heterocycles. The highest BCUT2D eigenvalue weighted by Gasteiger charge is 2.21. The van der Waals surface area contributed by atoms with E-state index in [1.165, 1.54) is 0 Å². The van der Waals surface area contributed by atoms with Gasteiger partial charge in [0.15, 0.2) is 5.78 Å². The molecule has 0 saturated carbocycles. The van der Waals surface area contributed by atoms with Gasteiger partial charge in [0.2, 0.25) is 5.91 Å². The minimum absolute atomic E-state index is 0.0307. The summed E-state index contributed by atoms with van der Waals surface area (Å²) in [4.78, 5) is 22.1. The summed E-state index contributed by atoms with van der Waals surface area (Å²) in [6.45, 7) is 4.00. The van der Waals surface area contributed by atoms with Crippen molar-refractivity contribution in [3.8, 4) is 0 Å². The molecular weight excluding hydrogens is 178 g/mol. The van der Waals surface area contributed by atoms with Crippen LogP contribution in [0.4, 0.5) is 5.69 Å². The number of benzene rings is 1. The van der Waals surface area contributed by atoms with Crippen molar-refractivity contribution in [2.75, 3.05) is 5.32 Å². The van der Waals surface area contributed by atoms with E-state index in [2.05, 4.69) is 5.32 Å². The third kappa shape index (κ3) is 1.99. The summed E-state index contributed by atoms with van der Waals surface area (Å²) in [5.74, 6) is -0.326. The highest BCUT2D eigenvalue weighted by Crippen LogP contribution is 2.21. The SMILES string of the molecule is CC.O=C1CC(=O)c2ccccc2N1. The van der Waals surface area contributed by atoms with Crippen molar-refractivity contribution >= 4 is 17.4 Å². The van der Waals surface area contributed by atoms with Crippen LogP contribution in [0.2, 0.25) is 0 Å². The molecule has 1 aliphatic rings. The van der Waals surface area contributed by atoms with Crippen molar-refractivity contribution in [1.82, 2.24) is 0 Å². The molecule has 0 bridgehead atoms. The number of rotatable bonds is 0. The summed E-state index contributed by atoms with van der Waals surface area (Å²) in [7, 11) is 0. The molecule has 0 fully saturated rings. The fraction of sp³-hybridized carbons (Fsp3) is 0.273. The first kappa shape index (κ1) is 10.4. The molecule has 3 nitrogen and oxygen atoms in total. The maximum absolute atomic E-state index is 11.2. The van der Waals surface area contributed by atoms with Crippen LogP contribution in [-0.2, 0) is 4.79 Å². The normalized spacial score (nSPS) is 13.6. The molecule has 14 heavy (non-hydrogen) atoms. The van der Waals surface area contributed by atoms with Gasteiger partial charge in [-0.05, 0) is 12.1 Å². The van der Waals surface area contributed by atoms with Gasteiger partial charge in [-0.1, -0.05) is 26.0 Å². The van der Waals surface area contributed by atoms with E-state index in [-0.39, 0.29) is 18.1 Å². The Labute approximate surface area is 83.1 Å². The summed E-state index contributed by atoms with van der Waals surface area (Å²) >= 11 is 0. The van der Waals surface area contributed by atoms with Gasteiger partial charge in [-0.3, -0.25) is 9.59 Å². The maximum atomic E-state index is 11.2. The molecule has 0 unspecified atom stereocenters. The molecule has 0 radical (unpaired) electrons. The Kier molecular flexibility index (Phi) is 3.40. The number of amides is 1. The highest BCUT2D eigenvalue weighted by molar-refractivity contribution is 6.18. The first-order valence-corrected chi connectivity index (χ1v) is 4.69. The summed E-state index contributed by atoms with van der Waals surface area (Å²) in [5, 5.41) is 2.63. The molecule has 0 atom stereocenters. The fourth-order valence-electron chi connectivity index (χ4n) is 1.27. The van der Waals surface area contributed by atoms with Crippen molar-refractivity contribution in [3.05, 3.63) is 29.8 Å².